The fourth-order valence-corrected chi connectivity index (χ4v) is 2.81. The van der Waals surface area contributed by atoms with Crippen molar-refractivity contribution in [3.63, 3.8) is 0 Å². The smallest absolute Gasteiger partial charge is 0.335 e. The lowest BCUT2D eigenvalue weighted by Gasteiger charge is -2.01. The van der Waals surface area contributed by atoms with Crippen LogP contribution in [-0.4, -0.2) is 21.8 Å². The second kappa shape index (κ2) is 6.25. The number of aromatic nitrogens is 1. The molecular weight excluding hydrogens is 312 g/mol. The fourth-order valence-electron chi connectivity index (χ4n) is 1.90. The third-order valence-corrected chi connectivity index (χ3v) is 4.07. The van der Waals surface area contributed by atoms with E-state index >= 15 is 0 Å². The van der Waals surface area contributed by atoms with E-state index in [2.05, 4.69) is 15.5 Å². The summed E-state index contributed by atoms with van der Waals surface area (Å²) in [5.41, 5.74) is 4.51. The van der Waals surface area contributed by atoms with E-state index in [1.165, 1.54) is 23.5 Å². The zero-order chi connectivity index (χ0) is 16.2. The summed E-state index contributed by atoms with van der Waals surface area (Å²) in [5, 5.41) is 22.7. The van der Waals surface area contributed by atoms with Crippen molar-refractivity contribution >= 4 is 38.9 Å². The Morgan fingerprint density at radius 3 is 2.61 bits per heavy atom. The van der Waals surface area contributed by atoms with Gasteiger partial charge in [0, 0.05) is 0 Å². The van der Waals surface area contributed by atoms with Crippen molar-refractivity contribution in [1.82, 2.24) is 4.98 Å². The van der Waals surface area contributed by atoms with Gasteiger partial charge in [-0.05, 0) is 36.4 Å². The number of hydrogen-bond acceptors (Lipinski definition) is 6. The summed E-state index contributed by atoms with van der Waals surface area (Å²) in [5.74, 6) is -0.993. The second-order valence-electron chi connectivity index (χ2n) is 4.55. The molecule has 1 heterocycles. The van der Waals surface area contributed by atoms with Crippen LogP contribution in [0.15, 0.2) is 53.6 Å². The van der Waals surface area contributed by atoms with Crippen LogP contribution < -0.4 is 5.43 Å². The molecule has 0 spiro atoms. The number of aromatic carboxylic acids is 1. The van der Waals surface area contributed by atoms with Gasteiger partial charge in [0.15, 0.2) is 10.7 Å². The highest BCUT2D eigenvalue weighted by Crippen LogP contribution is 2.22. The molecule has 3 aromatic rings. The predicted molar refractivity (Wildman–Crippen MR) is 88.8 cm³/mol. The number of para-hydroxylation sites is 1. The maximum atomic E-state index is 10.8. The molecule has 2 aromatic carbocycles. The van der Waals surface area contributed by atoms with Gasteiger partial charge >= 0.3 is 5.97 Å². The van der Waals surface area contributed by atoms with E-state index in [1.54, 1.807) is 12.1 Å². The van der Waals surface area contributed by atoms with Crippen molar-refractivity contribution in [2.45, 2.75) is 0 Å². The Hall–Kier alpha value is -3.24. The number of benzene rings is 2. The zero-order valence-electron chi connectivity index (χ0n) is 11.7. The summed E-state index contributed by atoms with van der Waals surface area (Å²) in [4.78, 5) is 15.2. The monoisotopic (exact) mass is 322 g/mol. The van der Waals surface area contributed by atoms with Gasteiger partial charge < -0.3 is 5.11 Å². The van der Waals surface area contributed by atoms with Crippen molar-refractivity contribution in [3.8, 4) is 6.07 Å². The molecule has 0 aliphatic rings. The first-order chi connectivity index (χ1) is 11.2. The van der Waals surface area contributed by atoms with Gasteiger partial charge in [-0.1, -0.05) is 12.1 Å². The number of nitriles is 1. The number of fused-ring (bicyclic) bond motifs is 1. The molecule has 0 aliphatic heterocycles. The molecule has 3 rings (SSSR count). The summed E-state index contributed by atoms with van der Waals surface area (Å²) < 4.78 is 0.983. The van der Waals surface area contributed by atoms with Gasteiger partial charge in [-0.25, -0.2) is 9.78 Å². The minimum Gasteiger partial charge on any atom is -0.478 e. The standard InChI is InChI=1S/C16H10N4O2S/c17-9-13(15-18-12-3-1-2-4-14(12)23-15)20-19-11-7-5-10(6-8-11)16(21)22/h1-8,19H,(H,21,22)/b20-13+. The number of hydrogen-bond donors (Lipinski definition) is 2. The molecule has 0 radical (unpaired) electrons. The first kappa shape index (κ1) is 14.7. The highest BCUT2D eigenvalue weighted by atomic mass is 32.1. The molecule has 7 heteroatoms. The number of nitrogens with one attached hydrogen (secondary N) is 1. The van der Waals surface area contributed by atoms with Crippen molar-refractivity contribution in [2.75, 3.05) is 5.43 Å². The van der Waals surface area contributed by atoms with E-state index in [1.807, 2.05) is 30.3 Å². The third-order valence-electron chi connectivity index (χ3n) is 3.03. The van der Waals surface area contributed by atoms with E-state index in [0.717, 1.165) is 10.2 Å². The van der Waals surface area contributed by atoms with E-state index in [9.17, 15) is 10.1 Å². The molecule has 0 atom stereocenters. The van der Waals surface area contributed by atoms with Crippen LogP contribution in [0.25, 0.3) is 10.2 Å². The van der Waals surface area contributed by atoms with Crippen LogP contribution in [0.1, 0.15) is 15.4 Å². The molecule has 2 N–H and O–H groups in total. The normalized spacial score (nSPS) is 11.2. The SMILES string of the molecule is N#C/C(=N\Nc1ccc(C(=O)O)cc1)c1nc2ccccc2s1. The first-order valence-corrected chi connectivity index (χ1v) is 7.42. The second-order valence-corrected chi connectivity index (χ2v) is 5.58. The van der Waals surface area contributed by atoms with Crippen LogP contribution in [0.5, 0.6) is 0 Å². The van der Waals surface area contributed by atoms with E-state index in [4.69, 9.17) is 5.11 Å². The highest BCUT2D eigenvalue weighted by Gasteiger charge is 2.10. The van der Waals surface area contributed by atoms with Crippen molar-refractivity contribution in [3.05, 3.63) is 59.1 Å². The van der Waals surface area contributed by atoms with Crippen LogP contribution in [0.4, 0.5) is 5.69 Å². The largest absolute Gasteiger partial charge is 0.478 e. The lowest BCUT2D eigenvalue weighted by Crippen LogP contribution is -2.01. The van der Waals surface area contributed by atoms with Crippen molar-refractivity contribution in [2.24, 2.45) is 5.10 Å². The molecule has 112 valence electrons. The number of anilines is 1. The van der Waals surface area contributed by atoms with Crippen LogP contribution in [0.3, 0.4) is 0 Å². The van der Waals surface area contributed by atoms with E-state index < -0.39 is 5.97 Å². The number of hydrazone groups is 1. The molecule has 0 fully saturated rings. The average molecular weight is 322 g/mol. The fraction of sp³-hybridized carbons (Fsp3) is 0. The Bertz CT molecular complexity index is 906. The van der Waals surface area contributed by atoms with E-state index in [0.29, 0.717) is 10.7 Å². The van der Waals surface area contributed by atoms with Crippen LogP contribution in [0, 0.1) is 11.3 Å². The molecule has 23 heavy (non-hydrogen) atoms. The molecule has 6 nitrogen and oxygen atoms in total. The lowest BCUT2D eigenvalue weighted by atomic mass is 10.2. The summed E-state index contributed by atoms with van der Waals surface area (Å²) >= 11 is 1.39. The van der Waals surface area contributed by atoms with Gasteiger partial charge in [0.1, 0.15) is 6.07 Å². The quantitative estimate of drug-likeness (QED) is 0.567. The van der Waals surface area contributed by atoms with Gasteiger partial charge in [-0.3, -0.25) is 5.43 Å². The summed E-state index contributed by atoms with van der Waals surface area (Å²) in [7, 11) is 0. The van der Waals surface area contributed by atoms with Crippen LogP contribution >= 0.6 is 11.3 Å². The molecule has 0 amide bonds. The molecule has 1 aromatic heterocycles. The molecule has 0 aliphatic carbocycles. The minimum atomic E-state index is -0.993. The summed E-state index contributed by atoms with van der Waals surface area (Å²) in [6.07, 6.45) is 0. The van der Waals surface area contributed by atoms with Crippen LogP contribution in [0.2, 0.25) is 0 Å². The third kappa shape index (κ3) is 3.17. The van der Waals surface area contributed by atoms with Gasteiger partial charge in [-0.2, -0.15) is 10.4 Å². The number of rotatable bonds is 4. The Balaban J connectivity index is 1.84. The minimum absolute atomic E-state index is 0.175. The number of carboxylic acid groups (broad SMARTS) is 1. The molecule has 0 saturated heterocycles. The van der Waals surface area contributed by atoms with Gasteiger partial charge in [0.2, 0.25) is 0 Å². The van der Waals surface area contributed by atoms with E-state index in [-0.39, 0.29) is 11.3 Å². The Labute approximate surface area is 135 Å². The molecule has 0 saturated carbocycles. The lowest BCUT2D eigenvalue weighted by molar-refractivity contribution is 0.0697. The van der Waals surface area contributed by atoms with Crippen molar-refractivity contribution in [1.29, 1.82) is 5.26 Å². The first-order valence-electron chi connectivity index (χ1n) is 6.60. The van der Waals surface area contributed by atoms with Gasteiger partial charge in [0.25, 0.3) is 0 Å². The zero-order valence-corrected chi connectivity index (χ0v) is 12.5. The predicted octanol–water partition coefficient (Wildman–Crippen LogP) is 3.33. The van der Waals surface area contributed by atoms with Crippen molar-refractivity contribution < 1.29 is 9.90 Å². The Morgan fingerprint density at radius 1 is 1.22 bits per heavy atom. The number of thiazole rings is 1. The molecular formula is C16H10N4O2S. The Kier molecular flexibility index (Phi) is 3.99. The van der Waals surface area contributed by atoms with Gasteiger partial charge in [0.05, 0.1) is 21.5 Å². The number of carboxylic acids is 1. The summed E-state index contributed by atoms with van der Waals surface area (Å²) in [6.45, 7) is 0. The van der Waals surface area contributed by atoms with Crippen LogP contribution in [-0.2, 0) is 0 Å². The number of nitrogens with zero attached hydrogens (tertiary/aromatic N) is 3. The maximum Gasteiger partial charge on any atom is 0.335 e. The van der Waals surface area contributed by atoms with Gasteiger partial charge in [-0.15, -0.1) is 11.3 Å². The Morgan fingerprint density at radius 2 is 1.96 bits per heavy atom. The number of carbonyl (C=O) groups is 1. The topological polar surface area (TPSA) is 98.4 Å². The average Bonchev–Trinajstić information content (AvgIpc) is 2.99. The maximum absolute atomic E-state index is 10.8. The highest BCUT2D eigenvalue weighted by molar-refractivity contribution is 7.20. The summed E-state index contributed by atoms with van der Waals surface area (Å²) in [6, 6.07) is 15.7. The molecule has 0 bridgehead atoms. The molecule has 0 unspecified atom stereocenters.